The summed E-state index contributed by atoms with van der Waals surface area (Å²) in [5, 5.41) is 28.5. The van der Waals surface area contributed by atoms with E-state index in [1.54, 1.807) is 4.68 Å². The van der Waals surface area contributed by atoms with Crippen molar-refractivity contribution in [3.8, 4) is 0 Å². The first-order chi connectivity index (χ1) is 11.4. The lowest BCUT2D eigenvalue weighted by Crippen LogP contribution is -2.47. The maximum Gasteiger partial charge on any atom is 0.0997 e. The summed E-state index contributed by atoms with van der Waals surface area (Å²) in [6.07, 6.45) is 4.98. The van der Waals surface area contributed by atoms with Gasteiger partial charge in [0.1, 0.15) is 0 Å². The van der Waals surface area contributed by atoms with Crippen molar-refractivity contribution >= 4 is 10.9 Å². The summed E-state index contributed by atoms with van der Waals surface area (Å²) >= 11 is 0. The molecule has 1 aliphatic rings. The maximum atomic E-state index is 11.4. The monoisotopic (exact) mass is 326 g/mol. The molecule has 0 aliphatic carbocycles. The molecule has 3 atom stereocenters. The molecule has 1 fully saturated rings. The van der Waals surface area contributed by atoms with Crippen molar-refractivity contribution in [1.82, 2.24) is 30.1 Å². The number of rotatable bonds is 2. The van der Waals surface area contributed by atoms with E-state index in [-0.39, 0.29) is 12.1 Å². The maximum absolute atomic E-state index is 11.4. The number of aromatic nitrogens is 5. The summed E-state index contributed by atoms with van der Waals surface area (Å²) in [4.78, 5) is 0. The van der Waals surface area contributed by atoms with Gasteiger partial charge in [-0.05, 0) is 31.0 Å². The smallest absolute Gasteiger partial charge is 0.0997 e. The Hall–Kier alpha value is -2.25. The molecule has 0 bridgehead atoms. The SMILES string of the molecule is C[C@H]1C[C@@](O)(c2ccc3c(cnn3C)c2)C[C@@H](c2cn(C)nn2)N1. The van der Waals surface area contributed by atoms with Crippen LogP contribution in [0.3, 0.4) is 0 Å². The van der Waals surface area contributed by atoms with E-state index in [0.717, 1.165) is 22.2 Å². The highest BCUT2D eigenvalue weighted by atomic mass is 16.3. The Morgan fingerprint density at radius 3 is 2.88 bits per heavy atom. The van der Waals surface area contributed by atoms with E-state index >= 15 is 0 Å². The molecule has 7 nitrogen and oxygen atoms in total. The highest BCUT2D eigenvalue weighted by Gasteiger charge is 2.40. The molecule has 1 saturated heterocycles. The molecule has 7 heteroatoms. The molecular weight excluding hydrogens is 304 g/mol. The molecule has 0 radical (unpaired) electrons. The number of hydrogen-bond acceptors (Lipinski definition) is 5. The van der Waals surface area contributed by atoms with Crippen LogP contribution >= 0.6 is 0 Å². The molecule has 2 aromatic heterocycles. The van der Waals surface area contributed by atoms with E-state index in [2.05, 4.69) is 27.7 Å². The summed E-state index contributed by atoms with van der Waals surface area (Å²) in [5.74, 6) is 0. The van der Waals surface area contributed by atoms with Gasteiger partial charge < -0.3 is 10.4 Å². The van der Waals surface area contributed by atoms with E-state index in [4.69, 9.17) is 0 Å². The minimum Gasteiger partial charge on any atom is -0.385 e. The molecule has 0 unspecified atom stereocenters. The second-order valence-electron chi connectivity index (χ2n) is 6.92. The predicted octanol–water partition coefficient (Wildman–Crippen LogP) is 1.40. The molecule has 0 saturated carbocycles. The van der Waals surface area contributed by atoms with Gasteiger partial charge in [0.15, 0.2) is 0 Å². The van der Waals surface area contributed by atoms with Crippen LogP contribution in [-0.2, 0) is 19.7 Å². The first-order valence-electron chi connectivity index (χ1n) is 8.21. The highest BCUT2D eigenvalue weighted by molar-refractivity contribution is 5.79. The van der Waals surface area contributed by atoms with Gasteiger partial charge in [-0.3, -0.25) is 9.36 Å². The van der Waals surface area contributed by atoms with Crippen molar-refractivity contribution in [3.05, 3.63) is 41.9 Å². The second kappa shape index (κ2) is 5.39. The average molecular weight is 326 g/mol. The molecule has 24 heavy (non-hydrogen) atoms. The lowest BCUT2D eigenvalue weighted by atomic mass is 9.78. The number of piperidine rings is 1. The van der Waals surface area contributed by atoms with Gasteiger partial charge in [-0.2, -0.15) is 5.10 Å². The minimum atomic E-state index is -0.892. The Kier molecular flexibility index (Phi) is 3.43. The molecule has 3 aromatic rings. The number of benzene rings is 1. The van der Waals surface area contributed by atoms with Crippen LogP contribution in [0.15, 0.2) is 30.6 Å². The average Bonchev–Trinajstić information content (AvgIpc) is 3.13. The third kappa shape index (κ3) is 2.50. The van der Waals surface area contributed by atoms with Gasteiger partial charge in [0.05, 0.1) is 29.1 Å². The van der Waals surface area contributed by atoms with Crippen molar-refractivity contribution in [2.45, 2.75) is 37.5 Å². The van der Waals surface area contributed by atoms with Gasteiger partial charge in [0.25, 0.3) is 0 Å². The summed E-state index contributed by atoms with van der Waals surface area (Å²) in [6, 6.07) is 6.25. The summed E-state index contributed by atoms with van der Waals surface area (Å²) in [7, 11) is 3.78. The van der Waals surface area contributed by atoms with E-state index in [1.165, 1.54) is 0 Å². The van der Waals surface area contributed by atoms with Crippen molar-refractivity contribution in [2.75, 3.05) is 0 Å². The van der Waals surface area contributed by atoms with Crippen LogP contribution in [0.5, 0.6) is 0 Å². The van der Waals surface area contributed by atoms with Gasteiger partial charge in [-0.25, -0.2) is 0 Å². The van der Waals surface area contributed by atoms with Crippen molar-refractivity contribution in [3.63, 3.8) is 0 Å². The Morgan fingerprint density at radius 2 is 2.12 bits per heavy atom. The molecule has 4 rings (SSSR count). The largest absolute Gasteiger partial charge is 0.385 e. The number of fused-ring (bicyclic) bond motifs is 1. The van der Waals surface area contributed by atoms with Crippen molar-refractivity contribution < 1.29 is 5.11 Å². The number of nitrogens with one attached hydrogen (secondary N) is 1. The fraction of sp³-hybridized carbons (Fsp3) is 0.471. The number of aryl methyl sites for hydroxylation is 2. The lowest BCUT2D eigenvalue weighted by Gasteiger charge is -2.40. The van der Waals surface area contributed by atoms with Crippen LogP contribution in [0.25, 0.3) is 10.9 Å². The zero-order chi connectivity index (χ0) is 16.9. The third-order valence-corrected chi connectivity index (χ3v) is 4.93. The van der Waals surface area contributed by atoms with Gasteiger partial charge >= 0.3 is 0 Å². The molecular formula is C17H22N6O. The summed E-state index contributed by atoms with van der Waals surface area (Å²) in [5.41, 5.74) is 1.97. The zero-order valence-electron chi connectivity index (χ0n) is 14.1. The Balaban J connectivity index is 1.70. The van der Waals surface area contributed by atoms with E-state index < -0.39 is 5.60 Å². The van der Waals surface area contributed by atoms with E-state index in [0.29, 0.717) is 12.8 Å². The Labute approximate surface area is 140 Å². The van der Waals surface area contributed by atoms with Gasteiger partial charge in [-0.1, -0.05) is 11.3 Å². The topological polar surface area (TPSA) is 80.8 Å². The van der Waals surface area contributed by atoms with Crippen LogP contribution in [0.2, 0.25) is 0 Å². The third-order valence-electron chi connectivity index (χ3n) is 4.93. The molecule has 1 aliphatic heterocycles. The summed E-state index contributed by atoms with van der Waals surface area (Å²) in [6.45, 7) is 2.09. The van der Waals surface area contributed by atoms with Crippen LogP contribution in [-0.4, -0.2) is 35.9 Å². The lowest BCUT2D eigenvalue weighted by molar-refractivity contribution is -0.0234. The molecule has 3 heterocycles. The van der Waals surface area contributed by atoms with Gasteiger partial charge in [0, 0.05) is 38.1 Å². The van der Waals surface area contributed by atoms with Gasteiger partial charge in [0.2, 0.25) is 0 Å². The Bertz CT molecular complexity index is 884. The van der Waals surface area contributed by atoms with E-state index in [1.807, 2.05) is 49.4 Å². The fourth-order valence-corrected chi connectivity index (χ4v) is 3.79. The van der Waals surface area contributed by atoms with Crippen LogP contribution < -0.4 is 5.32 Å². The molecule has 1 aromatic carbocycles. The molecule has 0 amide bonds. The normalized spacial score (nSPS) is 27.7. The molecule has 126 valence electrons. The first kappa shape index (κ1) is 15.3. The predicted molar refractivity (Wildman–Crippen MR) is 90.2 cm³/mol. The quantitative estimate of drug-likeness (QED) is 0.744. The Morgan fingerprint density at radius 1 is 1.29 bits per heavy atom. The minimum absolute atomic E-state index is 0.0166. The van der Waals surface area contributed by atoms with Crippen molar-refractivity contribution in [1.29, 1.82) is 0 Å². The fourth-order valence-electron chi connectivity index (χ4n) is 3.79. The molecule has 0 spiro atoms. The number of hydrogen-bond donors (Lipinski definition) is 2. The van der Waals surface area contributed by atoms with Crippen molar-refractivity contribution in [2.24, 2.45) is 14.1 Å². The molecule has 2 N–H and O–H groups in total. The van der Waals surface area contributed by atoms with Gasteiger partial charge in [-0.15, -0.1) is 5.10 Å². The van der Waals surface area contributed by atoms with Crippen LogP contribution in [0.4, 0.5) is 0 Å². The number of nitrogens with zero attached hydrogens (tertiary/aromatic N) is 5. The highest BCUT2D eigenvalue weighted by Crippen LogP contribution is 2.40. The second-order valence-corrected chi connectivity index (χ2v) is 6.92. The standard InChI is InChI=1S/C17H22N6O/c1-11-7-17(24,8-14(19-11)15-10-22(2)21-20-15)13-4-5-16-12(6-13)9-18-23(16)3/h4-6,9-11,14,19,24H,7-8H2,1-3H3/t11-,14-,17-/m0/s1. The van der Waals surface area contributed by atoms with Crippen LogP contribution in [0, 0.1) is 0 Å². The zero-order valence-corrected chi connectivity index (χ0v) is 14.1. The van der Waals surface area contributed by atoms with Crippen LogP contribution in [0.1, 0.15) is 37.1 Å². The van der Waals surface area contributed by atoms with E-state index in [9.17, 15) is 5.11 Å². The number of aliphatic hydroxyl groups is 1. The first-order valence-corrected chi connectivity index (χ1v) is 8.21. The summed E-state index contributed by atoms with van der Waals surface area (Å²) < 4.78 is 3.54.